The summed E-state index contributed by atoms with van der Waals surface area (Å²) in [5.74, 6) is 3.24. The lowest BCUT2D eigenvalue weighted by Gasteiger charge is -2.34. The van der Waals surface area contributed by atoms with Crippen LogP contribution in [0.1, 0.15) is 24.1 Å². The zero-order chi connectivity index (χ0) is 19.3. The molecule has 5 heteroatoms. The van der Waals surface area contributed by atoms with Crippen LogP contribution in [-0.2, 0) is 0 Å². The normalized spacial score (nSPS) is 16.8. The molecule has 0 saturated carbocycles. The minimum Gasteiger partial charge on any atom is -0.493 e. The molecular formula is C23H26N4O. The molecule has 1 aromatic carbocycles. The average molecular weight is 374 g/mol. The largest absolute Gasteiger partial charge is 0.493 e. The summed E-state index contributed by atoms with van der Waals surface area (Å²) in [7, 11) is 0. The van der Waals surface area contributed by atoms with E-state index in [1.54, 1.807) is 12.4 Å². The molecule has 1 fully saturated rings. The Balaban J connectivity index is 1.52. The van der Waals surface area contributed by atoms with Crippen molar-refractivity contribution in [1.29, 1.82) is 0 Å². The third kappa shape index (κ3) is 4.14. The molecule has 4 rings (SSSR count). The highest BCUT2D eigenvalue weighted by molar-refractivity contribution is 5.60. The first-order chi connectivity index (χ1) is 13.7. The van der Waals surface area contributed by atoms with Gasteiger partial charge in [-0.05, 0) is 51.0 Å². The van der Waals surface area contributed by atoms with Crippen LogP contribution in [0, 0.1) is 19.8 Å². The number of nitrogens with zero attached hydrogens (tertiary/aromatic N) is 4. The van der Waals surface area contributed by atoms with Crippen LogP contribution in [0.25, 0.3) is 11.4 Å². The number of aryl methyl sites for hydroxylation is 1. The Labute approximate surface area is 166 Å². The Kier molecular flexibility index (Phi) is 5.51. The first-order valence-electron chi connectivity index (χ1n) is 9.89. The summed E-state index contributed by atoms with van der Waals surface area (Å²) in [6.07, 6.45) is 5.90. The van der Waals surface area contributed by atoms with Gasteiger partial charge in [0, 0.05) is 48.2 Å². The number of hydrogen-bond donors (Lipinski definition) is 0. The van der Waals surface area contributed by atoms with E-state index in [1.165, 1.54) is 6.42 Å². The number of para-hydroxylation sites is 1. The zero-order valence-electron chi connectivity index (χ0n) is 16.5. The summed E-state index contributed by atoms with van der Waals surface area (Å²) in [6.45, 7) is 6.89. The predicted octanol–water partition coefficient (Wildman–Crippen LogP) is 4.45. The van der Waals surface area contributed by atoms with E-state index >= 15 is 0 Å². The molecule has 0 N–H and O–H groups in total. The maximum atomic E-state index is 6.01. The maximum absolute atomic E-state index is 6.01. The number of piperidine rings is 1. The molecular weight excluding hydrogens is 348 g/mol. The van der Waals surface area contributed by atoms with Gasteiger partial charge in [-0.2, -0.15) is 0 Å². The van der Waals surface area contributed by atoms with E-state index in [0.717, 1.165) is 60.3 Å². The molecule has 1 saturated heterocycles. The van der Waals surface area contributed by atoms with E-state index in [1.807, 2.05) is 42.5 Å². The van der Waals surface area contributed by atoms with Crippen molar-refractivity contribution >= 4 is 5.82 Å². The van der Waals surface area contributed by atoms with Crippen molar-refractivity contribution in [3.8, 4) is 17.1 Å². The third-order valence-electron chi connectivity index (χ3n) is 5.35. The third-order valence-corrected chi connectivity index (χ3v) is 5.35. The summed E-state index contributed by atoms with van der Waals surface area (Å²) in [4.78, 5) is 16.1. The molecule has 5 nitrogen and oxygen atoms in total. The summed E-state index contributed by atoms with van der Waals surface area (Å²) >= 11 is 0. The molecule has 1 unspecified atom stereocenters. The van der Waals surface area contributed by atoms with Gasteiger partial charge >= 0.3 is 0 Å². The van der Waals surface area contributed by atoms with Crippen LogP contribution in [0.4, 0.5) is 5.82 Å². The standard InChI is InChI=1S/C23H26N4O/c1-17-18(2)25-22(20-10-12-24-13-11-20)26-23(17)27-14-6-7-19(15-27)16-28-21-8-4-3-5-9-21/h3-5,8-13,19H,6-7,14-16H2,1-2H3. The van der Waals surface area contributed by atoms with E-state index < -0.39 is 0 Å². The average Bonchev–Trinajstić information content (AvgIpc) is 2.75. The van der Waals surface area contributed by atoms with Gasteiger partial charge in [0.1, 0.15) is 11.6 Å². The Bertz CT molecular complexity index is 915. The van der Waals surface area contributed by atoms with E-state index in [0.29, 0.717) is 5.92 Å². The molecule has 3 heterocycles. The van der Waals surface area contributed by atoms with E-state index in [-0.39, 0.29) is 0 Å². The van der Waals surface area contributed by atoms with Gasteiger partial charge < -0.3 is 9.64 Å². The van der Waals surface area contributed by atoms with Gasteiger partial charge in [-0.15, -0.1) is 0 Å². The first-order valence-corrected chi connectivity index (χ1v) is 9.89. The molecule has 0 bridgehead atoms. The van der Waals surface area contributed by atoms with Crippen LogP contribution in [0.15, 0.2) is 54.9 Å². The van der Waals surface area contributed by atoms with Gasteiger partial charge in [-0.25, -0.2) is 9.97 Å². The van der Waals surface area contributed by atoms with Crippen molar-refractivity contribution in [2.24, 2.45) is 5.92 Å². The summed E-state index contributed by atoms with van der Waals surface area (Å²) < 4.78 is 6.01. The van der Waals surface area contributed by atoms with Crippen LogP contribution >= 0.6 is 0 Å². The minimum atomic E-state index is 0.494. The number of pyridine rings is 1. The predicted molar refractivity (Wildman–Crippen MR) is 112 cm³/mol. The highest BCUT2D eigenvalue weighted by atomic mass is 16.5. The molecule has 2 aromatic heterocycles. The topological polar surface area (TPSA) is 51.1 Å². The zero-order valence-corrected chi connectivity index (χ0v) is 16.5. The minimum absolute atomic E-state index is 0.494. The van der Waals surface area contributed by atoms with E-state index in [2.05, 4.69) is 23.7 Å². The summed E-state index contributed by atoms with van der Waals surface area (Å²) in [5, 5.41) is 0. The van der Waals surface area contributed by atoms with Crippen LogP contribution in [0.2, 0.25) is 0 Å². The molecule has 1 aliphatic heterocycles. The Hall–Kier alpha value is -2.95. The summed E-state index contributed by atoms with van der Waals surface area (Å²) in [5.41, 5.74) is 3.18. The lowest BCUT2D eigenvalue weighted by Crippen LogP contribution is -2.38. The van der Waals surface area contributed by atoms with Crippen molar-refractivity contribution < 1.29 is 4.74 Å². The van der Waals surface area contributed by atoms with Gasteiger partial charge in [0.25, 0.3) is 0 Å². The second-order valence-corrected chi connectivity index (χ2v) is 7.40. The lowest BCUT2D eigenvalue weighted by molar-refractivity contribution is 0.228. The Morgan fingerprint density at radius 1 is 1.04 bits per heavy atom. The van der Waals surface area contributed by atoms with Crippen molar-refractivity contribution in [3.05, 3.63) is 66.1 Å². The monoisotopic (exact) mass is 374 g/mol. The number of rotatable bonds is 5. The molecule has 28 heavy (non-hydrogen) atoms. The van der Waals surface area contributed by atoms with Crippen molar-refractivity contribution in [2.45, 2.75) is 26.7 Å². The van der Waals surface area contributed by atoms with Crippen LogP contribution in [0.5, 0.6) is 5.75 Å². The fraction of sp³-hybridized carbons (Fsp3) is 0.348. The van der Waals surface area contributed by atoms with E-state index in [4.69, 9.17) is 14.7 Å². The molecule has 0 amide bonds. The van der Waals surface area contributed by atoms with Gasteiger partial charge in [-0.3, -0.25) is 4.98 Å². The van der Waals surface area contributed by atoms with Crippen LogP contribution in [-0.4, -0.2) is 34.6 Å². The van der Waals surface area contributed by atoms with Gasteiger partial charge in [0.15, 0.2) is 5.82 Å². The molecule has 1 aliphatic rings. The van der Waals surface area contributed by atoms with Crippen molar-refractivity contribution in [1.82, 2.24) is 15.0 Å². The quantitative estimate of drug-likeness (QED) is 0.660. The number of ether oxygens (including phenoxy) is 1. The van der Waals surface area contributed by atoms with Crippen molar-refractivity contribution in [3.63, 3.8) is 0 Å². The maximum Gasteiger partial charge on any atom is 0.161 e. The highest BCUT2D eigenvalue weighted by Gasteiger charge is 2.24. The first kappa shape index (κ1) is 18.4. The van der Waals surface area contributed by atoms with Gasteiger partial charge in [0.2, 0.25) is 0 Å². The highest BCUT2D eigenvalue weighted by Crippen LogP contribution is 2.28. The fourth-order valence-corrected chi connectivity index (χ4v) is 3.68. The molecule has 0 aliphatic carbocycles. The Morgan fingerprint density at radius 2 is 1.82 bits per heavy atom. The number of aromatic nitrogens is 3. The number of hydrogen-bond acceptors (Lipinski definition) is 5. The van der Waals surface area contributed by atoms with Gasteiger partial charge in [-0.1, -0.05) is 18.2 Å². The number of benzene rings is 1. The summed E-state index contributed by atoms with van der Waals surface area (Å²) in [6, 6.07) is 14.0. The second kappa shape index (κ2) is 8.38. The molecule has 0 spiro atoms. The number of anilines is 1. The Morgan fingerprint density at radius 3 is 2.61 bits per heavy atom. The lowest BCUT2D eigenvalue weighted by atomic mass is 9.98. The smallest absolute Gasteiger partial charge is 0.161 e. The molecule has 3 aromatic rings. The SMILES string of the molecule is Cc1nc(-c2ccncc2)nc(N2CCCC(COc3ccccc3)C2)c1C. The van der Waals surface area contributed by atoms with E-state index in [9.17, 15) is 0 Å². The molecule has 144 valence electrons. The molecule has 0 radical (unpaired) electrons. The van der Waals surface area contributed by atoms with Gasteiger partial charge in [0.05, 0.1) is 6.61 Å². The van der Waals surface area contributed by atoms with Crippen molar-refractivity contribution in [2.75, 3.05) is 24.6 Å². The molecule has 1 atom stereocenters. The van der Waals surface area contributed by atoms with Crippen LogP contribution < -0.4 is 9.64 Å². The van der Waals surface area contributed by atoms with Crippen LogP contribution in [0.3, 0.4) is 0 Å². The fourth-order valence-electron chi connectivity index (χ4n) is 3.68. The second-order valence-electron chi connectivity index (χ2n) is 7.40.